The normalized spacial score (nSPS) is 11.6. The molecule has 0 unspecified atom stereocenters. The molecule has 1 aromatic heterocycles. The number of benzene rings is 3. The van der Waals surface area contributed by atoms with Gasteiger partial charge in [0.15, 0.2) is 17.3 Å². The van der Waals surface area contributed by atoms with Crippen molar-refractivity contribution in [2.75, 3.05) is 14.2 Å². The van der Waals surface area contributed by atoms with E-state index in [1.807, 2.05) is 60.7 Å². The summed E-state index contributed by atoms with van der Waals surface area (Å²) in [6.07, 6.45) is 1.61. The molecule has 7 heteroatoms. The van der Waals surface area contributed by atoms with E-state index in [9.17, 15) is 5.11 Å². The predicted molar refractivity (Wildman–Crippen MR) is 126 cm³/mol. The average molecular weight is 426 g/mol. The number of hydrogen-bond acceptors (Lipinski definition) is 6. The van der Waals surface area contributed by atoms with Crippen LogP contribution in [0.15, 0.2) is 89.0 Å². The van der Waals surface area contributed by atoms with Gasteiger partial charge in [0.2, 0.25) is 0 Å². The van der Waals surface area contributed by atoms with Crippen molar-refractivity contribution in [3.63, 3.8) is 0 Å². The van der Waals surface area contributed by atoms with E-state index in [0.717, 1.165) is 16.5 Å². The number of hydrazone groups is 1. The maximum absolute atomic E-state index is 9.77. The number of fused-ring (bicyclic) bond motifs is 1. The van der Waals surface area contributed by atoms with Gasteiger partial charge in [-0.25, -0.2) is 9.98 Å². The smallest absolute Gasteiger partial charge is 0.173 e. The fraction of sp³-hybridized carbons (Fsp3) is 0.0800. The fourth-order valence-electron chi connectivity index (χ4n) is 3.12. The Hall–Kier alpha value is -4.39. The number of para-hydroxylation sites is 3. The third-order valence-electron chi connectivity index (χ3n) is 4.75. The van der Waals surface area contributed by atoms with Crippen LogP contribution in [-0.4, -0.2) is 36.4 Å². The van der Waals surface area contributed by atoms with Crippen LogP contribution < -0.4 is 14.9 Å². The van der Waals surface area contributed by atoms with E-state index < -0.39 is 0 Å². The first-order valence-corrected chi connectivity index (χ1v) is 9.92. The Kier molecular flexibility index (Phi) is 6.27. The van der Waals surface area contributed by atoms with Gasteiger partial charge < -0.3 is 14.6 Å². The molecule has 4 aromatic rings. The molecule has 1 heterocycles. The number of nitrogens with one attached hydrogen (secondary N) is 1. The van der Waals surface area contributed by atoms with Crippen LogP contribution in [0.4, 0.5) is 5.69 Å². The number of aliphatic imine (C=N–C) groups is 1. The van der Waals surface area contributed by atoms with E-state index >= 15 is 0 Å². The maximum Gasteiger partial charge on any atom is 0.173 e. The molecular weight excluding hydrogens is 404 g/mol. The molecule has 7 nitrogen and oxygen atoms in total. The van der Waals surface area contributed by atoms with E-state index in [2.05, 4.69) is 10.5 Å². The lowest BCUT2D eigenvalue weighted by molar-refractivity contribution is 0.373. The van der Waals surface area contributed by atoms with Crippen LogP contribution in [0.3, 0.4) is 0 Å². The highest BCUT2D eigenvalue weighted by Crippen LogP contribution is 2.27. The number of aromatic hydroxyl groups is 1. The topological polar surface area (TPSA) is 88.3 Å². The zero-order valence-corrected chi connectivity index (χ0v) is 17.7. The highest BCUT2D eigenvalue weighted by atomic mass is 16.5. The van der Waals surface area contributed by atoms with Crippen molar-refractivity contribution in [1.29, 1.82) is 0 Å². The third-order valence-corrected chi connectivity index (χ3v) is 4.75. The van der Waals surface area contributed by atoms with Crippen LogP contribution >= 0.6 is 0 Å². The largest absolute Gasteiger partial charge is 0.504 e. The first-order chi connectivity index (χ1) is 15.7. The standard InChI is InChI=1S/C25H22N4O3/c1-31-23-10-6-5-9-20(23)28-25(21-13-12-18-7-3-4-8-19(18)27-21)29-26-16-17-11-14-22(30)24(15-17)32-2/h3-16,30H,1-2H3,(H,28,29)/b26-16+. The summed E-state index contributed by atoms with van der Waals surface area (Å²) in [6.45, 7) is 0. The van der Waals surface area contributed by atoms with E-state index in [-0.39, 0.29) is 5.75 Å². The molecule has 0 spiro atoms. The van der Waals surface area contributed by atoms with Gasteiger partial charge in [-0.05, 0) is 48.0 Å². The predicted octanol–water partition coefficient (Wildman–Crippen LogP) is 4.66. The average Bonchev–Trinajstić information content (AvgIpc) is 2.84. The molecule has 0 aliphatic carbocycles. The van der Waals surface area contributed by atoms with Gasteiger partial charge >= 0.3 is 0 Å². The van der Waals surface area contributed by atoms with Gasteiger partial charge in [-0.3, -0.25) is 5.43 Å². The van der Waals surface area contributed by atoms with Crippen molar-refractivity contribution in [2.24, 2.45) is 10.1 Å². The molecule has 0 aliphatic rings. The highest BCUT2D eigenvalue weighted by molar-refractivity contribution is 6.01. The van der Waals surface area contributed by atoms with Crippen molar-refractivity contribution in [3.05, 3.63) is 90.1 Å². The molecule has 3 aromatic carbocycles. The molecule has 0 atom stereocenters. The van der Waals surface area contributed by atoms with Crippen LogP contribution in [-0.2, 0) is 0 Å². The summed E-state index contributed by atoms with van der Waals surface area (Å²) >= 11 is 0. The van der Waals surface area contributed by atoms with E-state index in [1.165, 1.54) is 7.11 Å². The lowest BCUT2D eigenvalue weighted by Gasteiger charge is -2.09. The lowest BCUT2D eigenvalue weighted by atomic mass is 10.2. The van der Waals surface area contributed by atoms with E-state index in [0.29, 0.717) is 28.7 Å². The number of amidine groups is 1. The molecule has 0 fully saturated rings. The zero-order chi connectivity index (χ0) is 22.3. The van der Waals surface area contributed by atoms with Gasteiger partial charge in [-0.1, -0.05) is 36.4 Å². The Labute approximate surface area is 185 Å². The SMILES string of the molecule is COc1cc(/C=N/NC(=Nc2ccccc2OC)c2ccc3ccccc3n2)ccc1O. The van der Waals surface area contributed by atoms with Crippen molar-refractivity contribution >= 4 is 28.6 Å². The number of pyridine rings is 1. The maximum atomic E-state index is 9.77. The number of nitrogens with zero attached hydrogens (tertiary/aromatic N) is 3. The van der Waals surface area contributed by atoms with Crippen LogP contribution in [0.25, 0.3) is 10.9 Å². The van der Waals surface area contributed by atoms with Gasteiger partial charge in [0.1, 0.15) is 17.1 Å². The molecule has 0 aliphatic heterocycles. The van der Waals surface area contributed by atoms with Crippen LogP contribution in [0.1, 0.15) is 11.3 Å². The number of rotatable bonds is 6. The van der Waals surface area contributed by atoms with Crippen molar-refractivity contribution in [1.82, 2.24) is 10.4 Å². The summed E-state index contributed by atoms with van der Waals surface area (Å²) in [5.41, 5.74) is 5.88. The Bertz CT molecular complexity index is 1300. The van der Waals surface area contributed by atoms with Gasteiger partial charge in [-0.15, -0.1) is 0 Å². The van der Waals surface area contributed by atoms with Crippen molar-refractivity contribution in [2.45, 2.75) is 0 Å². The second-order valence-corrected chi connectivity index (χ2v) is 6.82. The molecule has 160 valence electrons. The van der Waals surface area contributed by atoms with Gasteiger partial charge in [0, 0.05) is 5.39 Å². The fourth-order valence-corrected chi connectivity index (χ4v) is 3.12. The zero-order valence-electron chi connectivity index (χ0n) is 17.7. The van der Waals surface area contributed by atoms with Crippen LogP contribution in [0, 0.1) is 0 Å². The summed E-state index contributed by atoms with van der Waals surface area (Å²) in [4.78, 5) is 9.46. The van der Waals surface area contributed by atoms with Gasteiger partial charge in [0.25, 0.3) is 0 Å². The minimum Gasteiger partial charge on any atom is -0.504 e. The number of hydrogen-bond donors (Lipinski definition) is 2. The molecular formula is C25H22N4O3. The lowest BCUT2D eigenvalue weighted by Crippen LogP contribution is -2.20. The quantitative estimate of drug-likeness (QED) is 0.266. The van der Waals surface area contributed by atoms with Crippen molar-refractivity contribution in [3.8, 4) is 17.2 Å². The molecule has 32 heavy (non-hydrogen) atoms. The first-order valence-electron chi connectivity index (χ1n) is 9.92. The molecule has 0 saturated heterocycles. The summed E-state index contributed by atoms with van der Waals surface area (Å²) in [7, 11) is 3.10. The van der Waals surface area contributed by atoms with Crippen LogP contribution in [0.2, 0.25) is 0 Å². The van der Waals surface area contributed by atoms with E-state index in [1.54, 1.807) is 31.5 Å². The third kappa shape index (κ3) is 4.67. The van der Waals surface area contributed by atoms with E-state index in [4.69, 9.17) is 19.5 Å². The Morgan fingerprint density at radius 1 is 0.906 bits per heavy atom. The monoisotopic (exact) mass is 426 g/mol. The Balaban J connectivity index is 1.70. The van der Waals surface area contributed by atoms with Gasteiger partial charge in [-0.2, -0.15) is 5.10 Å². The molecule has 2 N–H and O–H groups in total. The van der Waals surface area contributed by atoms with Crippen molar-refractivity contribution < 1.29 is 14.6 Å². The highest BCUT2D eigenvalue weighted by Gasteiger charge is 2.09. The molecule has 4 rings (SSSR count). The Morgan fingerprint density at radius 2 is 1.69 bits per heavy atom. The summed E-state index contributed by atoms with van der Waals surface area (Å²) in [5, 5.41) is 15.1. The minimum absolute atomic E-state index is 0.0661. The first kappa shape index (κ1) is 20.9. The Morgan fingerprint density at radius 3 is 2.53 bits per heavy atom. The second kappa shape index (κ2) is 9.61. The molecule has 0 amide bonds. The number of aromatic nitrogens is 1. The molecule has 0 saturated carbocycles. The second-order valence-electron chi connectivity index (χ2n) is 6.82. The minimum atomic E-state index is 0.0661. The molecule has 0 bridgehead atoms. The summed E-state index contributed by atoms with van der Waals surface area (Å²) in [6, 6.07) is 24.2. The molecule has 0 radical (unpaired) electrons. The van der Waals surface area contributed by atoms with Gasteiger partial charge in [0.05, 0.1) is 26.0 Å². The number of phenolic OH excluding ortho intramolecular Hbond substituents is 1. The number of methoxy groups -OCH3 is 2. The summed E-state index contributed by atoms with van der Waals surface area (Å²) in [5.74, 6) is 1.53. The number of ether oxygens (including phenoxy) is 2. The number of phenols is 1. The summed E-state index contributed by atoms with van der Waals surface area (Å²) < 4.78 is 10.6. The van der Waals surface area contributed by atoms with Crippen LogP contribution in [0.5, 0.6) is 17.2 Å².